The fourth-order valence-electron chi connectivity index (χ4n) is 5.20. The average molecular weight is 566 g/mol. The molecule has 0 bridgehead atoms. The van der Waals surface area contributed by atoms with Crippen LogP contribution in [0.4, 0.5) is 10.1 Å². The topological polar surface area (TPSA) is 122 Å². The van der Waals surface area contributed by atoms with Crippen LogP contribution in [0.5, 0.6) is 34.5 Å². The van der Waals surface area contributed by atoms with E-state index in [2.05, 4.69) is 5.32 Å². The van der Waals surface area contributed by atoms with Gasteiger partial charge in [0, 0.05) is 40.9 Å². The first-order chi connectivity index (χ1) is 19.8. The third-order valence-electron chi connectivity index (χ3n) is 7.42. The Balaban J connectivity index is 1.65. The summed E-state index contributed by atoms with van der Waals surface area (Å²) in [5.41, 5.74) is -0.386. The molecule has 2 atom stereocenters. The second kappa shape index (κ2) is 10.5. The van der Waals surface area contributed by atoms with Crippen LogP contribution in [0.1, 0.15) is 43.4 Å². The molecule has 41 heavy (non-hydrogen) atoms. The number of halogens is 1. The normalized spacial score (nSPS) is 18.6. The van der Waals surface area contributed by atoms with Crippen molar-refractivity contribution in [2.24, 2.45) is 0 Å². The van der Waals surface area contributed by atoms with Gasteiger partial charge in [-0.1, -0.05) is 19.9 Å². The summed E-state index contributed by atoms with van der Waals surface area (Å²) >= 11 is 0. The van der Waals surface area contributed by atoms with E-state index in [1.807, 2.05) is 6.92 Å². The number of nitrogens with one attached hydrogen (secondary N) is 1. The largest absolute Gasteiger partial charge is 0.490 e. The Hall–Kier alpha value is -4.51. The highest BCUT2D eigenvalue weighted by Gasteiger charge is 2.54. The van der Waals surface area contributed by atoms with Crippen molar-refractivity contribution in [2.75, 3.05) is 32.1 Å². The monoisotopic (exact) mass is 565 g/mol. The highest BCUT2D eigenvalue weighted by atomic mass is 19.1. The van der Waals surface area contributed by atoms with Crippen LogP contribution >= 0.6 is 0 Å². The fraction of sp³-hybridized carbons (Fsp3) is 0.333. The number of hydrogen-bond donors (Lipinski definition) is 2. The molecule has 0 saturated heterocycles. The molecule has 1 amide bonds. The molecule has 3 aromatic rings. The van der Waals surface area contributed by atoms with Gasteiger partial charge in [-0.25, -0.2) is 4.39 Å². The molecule has 3 aliphatic rings. The van der Waals surface area contributed by atoms with Crippen LogP contribution < -0.4 is 33.7 Å². The van der Waals surface area contributed by atoms with E-state index in [4.69, 9.17) is 28.4 Å². The zero-order valence-corrected chi connectivity index (χ0v) is 22.5. The molecular formula is C30H28FNO9. The zero-order chi connectivity index (χ0) is 28.7. The molecular weight excluding hydrogens is 537 g/mol. The highest BCUT2D eigenvalue weighted by Crippen LogP contribution is 2.56. The van der Waals surface area contributed by atoms with Crippen molar-refractivity contribution in [3.8, 4) is 34.5 Å². The molecule has 3 aromatic carbocycles. The summed E-state index contributed by atoms with van der Waals surface area (Å²) in [5, 5.41) is 13.1. The maximum atomic E-state index is 14.4. The van der Waals surface area contributed by atoms with Gasteiger partial charge in [0.25, 0.3) is 0 Å². The van der Waals surface area contributed by atoms with Crippen LogP contribution in [0.25, 0.3) is 0 Å². The quantitative estimate of drug-likeness (QED) is 0.375. The number of benzene rings is 3. The number of Topliss-reactive ketones (excluding diaryl/α,β-unsaturated/α-hetero) is 1. The molecule has 0 spiro atoms. The maximum Gasteiger partial charge on any atom is 0.244 e. The third kappa shape index (κ3) is 4.46. The molecule has 10 nitrogen and oxygen atoms in total. The van der Waals surface area contributed by atoms with E-state index in [9.17, 15) is 19.1 Å². The number of hydrogen-bond acceptors (Lipinski definition) is 9. The number of anilines is 1. The standard InChI is InChI=1S/C30H28FNO9/c1-3-17(33)12-36-23-10-27-25(38-14-40-27)8-20(23)30(19-6-5-16(31)7-22(19)32-29(30)35)21-9-26-28(41-15-39-26)11-24(21)37-13-18(34)4-2/h5-11,17,33H,3-4,12-15H2,1-2H3,(H,32,35)/t17-,30?/m1/s1. The van der Waals surface area contributed by atoms with E-state index < -0.39 is 23.2 Å². The molecule has 0 fully saturated rings. The van der Waals surface area contributed by atoms with Crippen LogP contribution in [-0.2, 0) is 15.0 Å². The van der Waals surface area contributed by atoms with Crippen molar-refractivity contribution in [1.82, 2.24) is 0 Å². The molecule has 11 heteroatoms. The number of rotatable bonds is 10. The maximum absolute atomic E-state index is 14.4. The van der Waals surface area contributed by atoms with E-state index in [0.29, 0.717) is 46.1 Å². The minimum atomic E-state index is -1.69. The Kier molecular flexibility index (Phi) is 6.82. The van der Waals surface area contributed by atoms with E-state index in [0.717, 1.165) is 0 Å². The summed E-state index contributed by atoms with van der Waals surface area (Å²) in [6, 6.07) is 10.5. The van der Waals surface area contributed by atoms with Gasteiger partial charge in [-0.15, -0.1) is 0 Å². The van der Waals surface area contributed by atoms with Gasteiger partial charge >= 0.3 is 0 Å². The molecule has 0 radical (unpaired) electrons. The number of aliphatic hydroxyl groups is 1. The lowest BCUT2D eigenvalue weighted by atomic mass is 9.69. The molecule has 3 aliphatic heterocycles. The molecule has 2 N–H and O–H groups in total. The number of ketones is 1. The van der Waals surface area contributed by atoms with E-state index >= 15 is 0 Å². The Labute approximate surface area is 234 Å². The first kappa shape index (κ1) is 26.7. The number of ether oxygens (including phenoxy) is 6. The Bertz CT molecular complexity index is 1540. The molecule has 0 aliphatic carbocycles. The minimum Gasteiger partial charge on any atom is -0.490 e. The average Bonchev–Trinajstić information content (AvgIpc) is 3.69. The molecule has 0 saturated carbocycles. The molecule has 3 heterocycles. The van der Waals surface area contributed by atoms with Gasteiger partial charge in [0.15, 0.2) is 28.8 Å². The molecule has 0 aromatic heterocycles. The second-order valence-corrected chi connectivity index (χ2v) is 9.85. The van der Waals surface area contributed by atoms with Crippen LogP contribution in [0.2, 0.25) is 0 Å². The first-order valence-corrected chi connectivity index (χ1v) is 13.3. The Morgan fingerprint density at radius 1 is 0.927 bits per heavy atom. The smallest absolute Gasteiger partial charge is 0.244 e. The SMILES string of the molecule is CCC(=O)COc1cc2c(cc1C1(c3cc4c(cc3OC[C@H](O)CC)OCO4)C(=O)Nc3cc(F)ccc31)OCO2. The van der Waals surface area contributed by atoms with Gasteiger partial charge in [-0.05, 0) is 30.7 Å². The summed E-state index contributed by atoms with van der Waals surface area (Å²) in [4.78, 5) is 26.6. The predicted octanol–water partition coefficient (Wildman–Crippen LogP) is 4.08. The summed E-state index contributed by atoms with van der Waals surface area (Å²) in [6.45, 7) is 3.16. The number of amides is 1. The van der Waals surface area contributed by atoms with E-state index in [1.165, 1.54) is 18.2 Å². The van der Waals surface area contributed by atoms with Crippen molar-refractivity contribution in [3.63, 3.8) is 0 Å². The van der Waals surface area contributed by atoms with E-state index in [-0.39, 0.29) is 56.2 Å². The molecule has 1 unspecified atom stereocenters. The first-order valence-electron chi connectivity index (χ1n) is 13.3. The third-order valence-corrected chi connectivity index (χ3v) is 7.42. The lowest BCUT2D eigenvalue weighted by Gasteiger charge is -2.32. The Morgan fingerprint density at radius 2 is 1.51 bits per heavy atom. The van der Waals surface area contributed by atoms with E-state index in [1.54, 1.807) is 31.2 Å². The van der Waals surface area contributed by atoms with Crippen molar-refractivity contribution < 1.29 is 47.5 Å². The van der Waals surface area contributed by atoms with Gasteiger partial charge in [0.2, 0.25) is 19.5 Å². The summed E-state index contributed by atoms with van der Waals surface area (Å²) in [6.07, 6.45) is -0.0697. The van der Waals surface area contributed by atoms with Crippen LogP contribution in [-0.4, -0.2) is 49.7 Å². The van der Waals surface area contributed by atoms with Gasteiger partial charge in [-0.2, -0.15) is 0 Å². The summed E-state index contributed by atoms with van der Waals surface area (Å²) in [5.74, 6) is 0.737. The molecule has 6 rings (SSSR count). The van der Waals surface area contributed by atoms with Crippen molar-refractivity contribution in [3.05, 3.63) is 65.0 Å². The van der Waals surface area contributed by atoms with Gasteiger partial charge in [-0.3, -0.25) is 9.59 Å². The molecule has 214 valence electrons. The highest BCUT2D eigenvalue weighted by molar-refractivity contribution is 6.12. The lowest BCUT2D eigenvalue weighted by Crippen LogP contribution is -2.38. The van der Waals surface area contributed by atoms with Gasteiger partial charge in [0.1, 0.15) is 35.9 Å². The number of fused-ring (bicyclic) bond motifs is 3. The summed E-state index contributed by atoms with van der Waals surface area (Å²) < 4.78 is 49.1. The van der Waals surface area contributed by atoms with Crippen molar-refractivity contribution in [1.29, 1.82) is 0 Å². The van der Waals surface area contributed by atoms with Gasteiger partial charge < -0.3 is 38.8 Å². The van der Waals surface area contributed by atoms with Crippen LogP contribution in [0.15, 0.2) is 42.5 Å². The van der Waals surface area contributed by atoms with Crippen molar-refractivity contribution in [2.45, 2.75) is 38.2 Å². The lowest BCUT2D eigenvalue weighted by molar-refractivity contribution is -0.120. The second-order valence-electron chi connectivity index (χ2n) is 9.85. The van der Waals surface area contributed by atoms with Crippen LogP contribution in [0, 0.1) is 5.82 Å². The number of aliphatic hydroxyl groups excluding tert-OH is 1. The number of carbonyl (C=O) groups excluding carboxylic acids is 2. The minimum absolute atomic E-state index is 0.0334. The van der Waals surface area contributed by atoms with Crippen LogP contribution in [0.3, 0.4) is 0 Å². The predicted molar refractivity (Wildman–Crippen MR) is 143 cm³/mol. The van der Waals surface area contributed by atoms with Gasteiger partial charge in [0.05, 0.1) is 6.10 Å². The fourth-order valence-corrected chi connectivity index (χ4v) is 5.20. The Morgan fingerprint density at radius 3 is 2.10 bits per heavy atom. The summed E-state index contributed by atoms with van der Waals surface area (Å²) in [7, 11) is 0. The zero-order valence-electron chi connectivity index (χ0n) is 22.5. The van der Waals surface area contributed by atoms with Crippen molar-refractivity contribution >= 4 is 17.4 Å². The number of carbonyl (C=O) groups is 2.